The summed E-state index contributed by atoms with van der Waals surface area (Å²) in [6, 6.07) is 6.08. The summed E-state index contributed by atoms with van der Waals surface area (Å²) in [4.78, 5) is 12.5. The number of aliphatic hydroxyl groups is 1. The zero-order valence-corrected chi connectivity index (χ0v) is 10.8. The van der Waals surface area contributed by atoms with Gasteiger partial charge in [-0.1, -0.05) is 6.07 Å². The average molecular weight is 263 g/mol. The van der Waals surface area contributed by atoms with Gasteiger partial charge in [0.25, 0.3) is 0 Å². The van der Waals surface area contributed by atoms with Gasteiger partial charge in [0.2, 0.25) is 0 Å². The topological polar surface area (TPSA) is 70.3 Å². The number of esters is 1. The van der Waals surface area contributed by atoms with E-state index in [0.717, 1.165) is 4.88 Å². The number of allylic oxidation sites excluding steroid dienone is 1. The van der Waals surface area contributed by atoms with Crippen LogP contribution in [0.15, 0.2) is 28.8 Å². The Hall–Kier alpha value is -1.80. The Kier molecular flexibility index (Phi) is 3.39. The van der Waals surface area contributed by atoms with Crippen LogP contribution in [-0.2, 0) is 14.9 Å². The van der Waals surface area contributed by atoms with Gasteiger partial charge in [0.15, 0.2) is 0 Å². The highest BCUT2D eigenvalue weighted by Crippen LogP contribution is 2.43. The lowest BCUT2D eigenvalue weighted by Gasteiger charge is -2.30. The van der Waals surface area contributed by atoms with Crippen LogP contribution in [-0.4, -0.2) is 18.2 Å². The molecule has 1 aliphatic rings. The number of nitrogens with zero attached hydrogens (tertiary/aromatic N) is 1. The first-order valence-electron chi connectivity index (χ1n) is 5.57. The molecule has 1 aromatic heterocycles. The van der Waals surface area contributed by atoms with Crippen molar-refractivity contribution in [3.05, 3.63) is 33.7 Å². The summed E-state index contributed by atoms with van der Waals surface area (Å²) in [5, 5.41) is 21.1. The third-order valence-corrected chi connectivity index (χ3v) is 4.33. The molecule has 94 valence electrons. The molecule has 4 nitrogen and oxygen atoms in total. The maximum Gasteiger partial charge on any atom is 0.337 e. The van der Waals surface area contributed by atoms with E-state index in [1.165, 1.54) is 18.4 Å². The molecule has 1 N–H and O–H groups in total. The summed E-state index contributed by atoms with van der Waals surface area (Å²) in [6.07, 6.45) is 1.06. The molecule has 0 fully saturated rings. The smallest absolute Gasteiger partial charge is 0.337 e. The van der Waals surface area contributed by atoms with Gasteiger partial charge >= 0.3 is 5.97 Å². The van der Waals surface area contributed by atoms with E-state index >= 15 is 0 Å². The van der Waals surface area contributed by atoms with Crippen molar-refractivity contribution in [1.82, 2.24) is 0 Å². The van der Waals surface area contributed by atoms with E-state index in [1.807, 2.05) is 17.5 Å². The van der Waals surface area contributed by atoms with Crippen LogP contribution in [0, 0.1) is 11.3 Å². The van der Waals surface area contributed by atoms with E-state index in [1.54, 1.807) is 0 Å². The average Bonchev–Trinajstić information content (AvgIpc) is 2.93. The molecular weight excluding hydrogens is 250 g/mol. The van der Waals surface area contributed by atoms with Crippen molar-refractivity contribution < 1.29 is 14.6 Å². The lowest BCUT2D eigenvalue weighted by molar-refractivity contribution is -0.136. The fraction of sp³-hybridized carbons (Fsp3) is 0.385. The minimum Gasteiger partial charge on any atom is -0.512 e. The van der Waals surface area contributed by atoms with E-state index in [9.17, 15) is 15.2 Å². The fourth-order valence-corrected chi connectivity index (χ4v) is 3.11. The summed E-state index contributed by atoms with van der Waals surface area (Å²) in [7, 11) is 1.27. The normalized spacial score (nSPS) is 23.6. The van der Waals surface area contributed by atoms with E-state index < -0.39 is 11.4 Å². The van der Waals surface area contributed by atoms with Gasteiger partial charge in [0.05, 0.1) is 24.2 Å². The van der Waals surface area contributed by atoms with Gasteiger partial charge in [0, 0.05) is 17.7 Å². The molecule has 0 radical (unpaired) electrons. The summed E-state index contributed by atoms with van der Waals surface area (Å²) < 4.78 is 4.65. The number of carbonyl (C=O) groups excluding carboxylic acids is 1. The van der Waals surface area contributed by atoms with Crippen molar-refractivity contribution in [3.63, 3.8) is 0 Å². The molecular formula is C13H13NO3S. The molecule has 1 heterocycles. The quantitative estimate of drug-likeness (QED) is 0.833. The van der Waals surface area contributed by atoms with Crippen molar-refractivity contribution in [2.75, 3.05) is 7.11 Å². The Balaban J connectivity index is 2.39. The Morgan fingerprint density at radius 1 is 1.67 bits per heavy atom. The van der Waals surface area contributed by atoms with Crippen LogP contribution in [0.1, 0.15) is 24.1 Å². The van der Waals surface area contributed by atoms with Crippen LogP contribution in [0.4, 0.5) is 0 Å². The second-order valence-electron chi connectivity index (χ2n) is 4.26. The number of rotatable bonds is 2. The van der Waals surface area contributed by atoms with E-state index in [4.69, 9.17) is 0 Å². The van der Waals surface area contributed by atoms with Gasteiger partial charge < -0.3 is 9.84 Å². The van der Waals surface area contributed by atoms with Crippen LogP contribution >= 0.6 is 11.3 Å². The summed E-state index contributed by atoms with van der Waals surface area (Å²) in [6.45, 7) is 0. The second kappa shape index (κ2) is 4.83. The van der Waals surface area contributed by atoms with Gasteiger partial charge in [-0.3, -0.25) is 0 Å². The molecule has 5 heteroatoms. The van der Waals surface area contributed by atoms with Crippen LogP contribution in [0.5, 0.6) is 0 Å². The second-order valence-corrected chi connectivity index (χ2v) is 5.21. The number of hydrogen-bond donors (Lipinski definition) is 1. The SMILES string of the molecule is COC(=O)C1=C(O)CCC(C#N)(c2cccs2)C1. The first kappa shape index (κ1) is 12.7. The molecule has 18 heavy (non-hydrogen) atoms. The van der Waals surface area contributed by atoms with Crippen molar-refractivity contribution in [2.24, 2.45) is 0 Å². The van der Waals surface area contributed by atoms with Crippen LogP contribution < -0.4 is 0 Å². The summed E-state index contributed by atoms with van der Waals surface area (Å²) in [5.41, 5.74) is -0.497. The highest BCUT2D eigenvalue weighted by molar-refractivity contribution is 7.10. The monoisotopic (exact) mass is 263 g/mol. The van der Waals surface area contributed by atoms with Gasteiger partial charge in [-0.2, -0.15) is 5.26 Å². The molecule has 1 aliphatic carbocycles. The molecule has 0 aliphatic heterocycles. The van der Waals surface area contributed by atoms with Crippen molar-refractivity contribution >= 4 is 17.3 Å². The van der Waals surface area contributed by atoms with Gasteiger partial charge in [-0.15, -0.1) is 11.3 Å². The molecule has 1 unspecified atom stereocenters. The van der Waals surface area contributed by atoms with Crippen molar-refractivity contribution in [3.8, 4) is 6.07 Å². The first-order chi connectivity index (χ1) is 8.63. The molecule has 1 aromatic rings. The largest absolute Gasteiger partial charge is 0.512 e. The number of nitriles is 1. The number of carbonyl (C=O) groups is 1. The highest BCUT2D eigenvalue weighted by atomic mass is 32.1. The Labute approximate surface area is 109 Å². The summed E-state index contributed by atoms with van der Waals surface area (Å²) >= 11 is 1.50. The molecule has 0 aromatic carbocycles. The lowest BCUT2D eigenvalue weighted by Crippen LogP contribution is -2.30. The zero-order chi connectivity index (χ0) is 13.2. The Bertz CT molecular complexity index is 527. The minimum absolute atomic E-state index is 0.0456. The number of hydrogen-bond acceptors (Lipinski definition) is 5. The van der Waals surface area contributed by atoms with E-state index in [-0.39, 0.29) is 17.8 Å². The van der Waals surface area contributed by atoms with Crippen LogP contribution in [0.2, 0.25) is 0 Å². The number of thiophene rings is 1. The van der Waals surface area contributed by atoms with Gasteiger partial charge in [0.1, 0.15) is 5.76 Å². The molecule has 0 amide bonds. The predicted octanol–water partition coefficient (Wildman–Crippen LogP) is 2.68. The summed E-state index contributed by atoms with van der Waals surface area (Å²) in [5.74, 6) is -0.507. The molecule has 0 bridgehead atoms. The maximum atomic E-state index is 11.6. The van der Waals surface area contributed by atoms with E-state index in [0.29, 0.717) is 12.8 Å². The Morgan fingerprint density at radius 3 is 3.00 bits per heavy atom. The van der Waals surface area contributed by atoms with Gasteiger partial charge in [-0.05, 0) is 17.9 Å². The molecule has 2 rings (SSSR count). The van der Waals surface area contributed by atoms with Crippen molar-refractivity contribution in [2.45, 2.75) is 24.7 Å². The molecule has 0 saturated heterocycles. The fourth-order valence-electron chi connectivity index (χ4n) is 2.20. The van der Waals surface area contributed by atoms with E-state index in [2.05, 4.69) is 10.8 Å². The van der Waals surface area contributed by atoms with Crippen LogP contribution in [0.25, 0.3) is 0 Å². The lowest BCUT2D eigenvalue weighted by atomic mass is 9.73. The molecule has 0 spiro atoms. The maximum absolute atomic E-state index is 11.6. The highest BCUT2D eigenvalue weighted by Gasteiger charge is 2.40. The number of aliphatic hydroxyl groups excluding tert-OH is 1. The predicted molar refractivity (Wildman–Crippen MR) is 67.1 cm³/mol. The number of methoxy groups -OCH3 is 1. The standard InChI is InChI=1S/C13H13NO3S/c1-17-12(16)9-7-13(8-14,5-4-10(9)15)11-3-2-6-18-11/h2-3,6,15H,4-5,7H2,1H3. The third-order valence-electron chi connectivity index (χ3n) is 3.25. The molecule has 1 atom stereocenters. The first-order valence-corrected chi connectivity index (χ1v) is 6.45. The Morgan fingerprint density at radius 2 is 2.44 bits per heavy atom. The third kappa shape index (κ3) is 2.00. The molecule has 0 saturated carbocycles. The minimum atomic E-state index is -0.718. The van der Waals surface area contributed by atoms with Crippen molar-refractivity contribution in [1.29, 1.82) is 5.26 Å². The van der Waals surface area contributed by atoms with Crippen LogP contribution in [0.3, 0.4) is 0 Å². The number of ether oxygens (including phenoxy) is 1. The zero-order valence-electron chi connectivity index (χ0n) is 9.97. The van der Waals surface area contributed by atoms with Gasteiger partial charge in [-0.25, -0.2) is 4.79 Å².